The summed E-state index contributed by atoms with van der Waals surface area (Å²) in [7, 11) is 1.60. The summed E-state index contributed by atoms with van der Waals surface area (Å²) in [6.07, 6.45) is 2.65. The smallest absolute Gasteiger partial charge is 0.240 e. The predicted octanol–water partition coefficient (Wildman–Crippen LogP) is 5.51. The van der Waals surface area contributed by atoms with E-state index in [0.29, 0.717) is 30.9 Å². The lowest BCUT2D eigenvalue weighted by Crippen LogP contribution is -2.17. The molecule has 166 valence electrons. The lowest BCUT2D eigenvalue weighted by molar-refractivity contribution is -0.121. The van der Waals surface area contributed by atoms with Gasteiger partial charge in [0.15, 0.2) is 11.5 Å². The van der Waals surface area contributed by atoms with Crippen LogP contribution in [0.15, 0.2) is 96.1 Å². The molecular weight excluding hydrogens is 412 g/mol. The van der Waals surface area contributed by atoms with E-state index in [0.717, 1.165) is 16.7 Å². The Bertz CT molecular complexity index is 1250. The van der Waals surface area contributed by atoms with Crippen molar-refractivity contribution in [2.24, 2.45) is 5.10 Å². The number of carbonyl (C=O) groups excluding carboxylic acids is 1. The SMILES string of the molecule is COc1cc(/C=N\NC(=O)CCc2ccccc2)ccc1OCc1cccc2ccccc12. The fraction of sp³-hybridized carbons (Fsp3) is 0.143. The van der Waals surface area contributed by atoms with Gasteiger partial charge >= 0.3 is 0 Å². The molecule has 0 atom stereocenters. The van der Waals surface area contributed by atoms with Gasteiger partial charge in [0.25, 0.3) is 0 Å². The van der Waals surface area contributed by atoms with Crippen LogP contribution in [0.1, 0.15) is 23.1 Å². The number of rotatable bonds is 9. The Morgan fingerprint density at radius 2 is 1.70 bits per heavy atom. The minimum Gasteiger partial charge on any atom is -0.493 e. The lowest BCUT2D eigenvalue weighted by Gasteiger charge is -2.12. The molecule has 0 aliphatic carbocycles. The van der Waals surface area contributed by atoms with E-state index in [1.807, 2.05) is 66.7 Å². The molecule has 5 nitrogen and oxygen atoms in total. The molecule has 5 heteroatoms. The zero-order chi connectivity index (χ0) is 22.9. The number of aryl methyl sites for hydroxylation is 1. The number of amides is 1. The lowest BCUT2D eigenvalue weighted by atomic mass is 10.1. The molecular formula is C28H26N2O3. The van der Waals surface area contributed by atoms with Gasteiger partial charge in [0.05, 0.1) is 13.3 Å². The molecule has 0 aliphatic heterocycles. The van der Waals surface area contributed by atoms with Crippen molar-refractivity contribution in [3.05, 3.63) is 108 Å². The Labute approximate surface area is 193 Å². The van der Waals surface area contributed by atoms with E-state index in [2.05, 4.69) is 34.8 Å². The second kappa shape index (κ2) is 11.0. The van der Waals surface area contributed by atoms with E-state index in [9.17, 15) is 4.79 Å². The van der Waals surface area contributed by atoms with Gasteiger partial charge < -0.3 is 9.47 Å². The molecule has 0 bridgehead atoms. The van der Waals surface area contributed by atoms with Crippen LogP contribution in [0, 0.1) is 0 Å². The van der Waals surface area contributed by atoms with Crippen molar-refractivity contribution in [3.63, 3.8) is 0 Å². The highest BCUT2D eigenvalue weighted by Crippen LogP contribution is 2.29. The summed E-state index contributed by atoms with van der Waals surface area (Å²) >= 11 is 0. The van der Waals surface area contributed by atoms with E-state index >= 15 is 0 Å². The van der Waals surface area contributed by atoms with Gasteiger partial charge in [-0.25, -0.2) is 5.43 Å². The molecule has 4 aromatic rings. The normalized spacial score (nSPS) is 10.9. The molecule has 0 saturated heterocycles. The highest BCUT2D eigenvalue weighted by Gasteiger charge is 2.08. The minimum atomic E-state index is -0.128. The van der Waals surface area contributed by atoms with Crippen molar-refractivity contribution in [1.29, 1.82) is 0 Å². The maximum absolute atomic E-state index is 12.0. The van der Waals surface area contributed by atoms with Crippen molar-refractivity contribution < 1.29 is 14.3 Å². The van der Waals surface area contributed by atoms with Crippen molar-refractivity contribution in [2.45, 2.75) is 19.4 Å². The molecule has 0 unspecified atom stereocenters. The van der Waals surface area contributed by atoms with E-state index in [1.165, 1.54) is 10.8 Å². The molecule has 0 aromatic heterocycles. The van der Waals surface area contributed by atoms with Gasteiger partial charge in [-0.15, -0.1) is 0 Å². The summed E-state index contributed by atoms with van der Waals surface area (Å²) in [5.41, 5.74) is 5.61. The number of nitrogens with zero attached hydrogens (tertiary/aromatic N) is 1. The fourth-order valence-corrected chi connectivity index (χ4v) is 3.59. The summed E-state index contributed by atoms with van der Waals surface area (Å²) in [6, 6.07) is 29.9. The average Bonchev–Trinajstić information content (AvgIpc) is 2.87. The fourth-order valence-electron chi connectivity index (χ4n) is 3.59. The molecule has 0 radical (unpaired) electrons. The number of hydrogen-bond acceptors (Lipinski definition) is 4. The van der Waals surface area contributed by atoms with E-state index in [-0.39, 0.29) is 5.91 Å². The van der Waals surface area contributed by atoms with Crippen LogP contribution in [0.5, 0.6) is 11.5 Å². The third-order valence-electron chi connectivity index (χ3n) is 5.34. The van der Waals surface area contributed by atoms with E-state index < -0.39 is 0 Å². The predicted molar refractivity (Wildman–Crippen MR) is 132 cm³/mol. The van der Waals surface area contributed by atoms with Gasteiger partial charge in [-0.2, -0.15) is 5.10 Å². The molecule has 1 amide bonds. The summed E-state index contributed by atoms with van der Waals surface area (Å²) in [5, 5.41) is 6.42. The molecule has 0 spiro atoms. The molecule has 1 N–H and O–H groups in total. The number of hydrogen-bond donors (Lipinski definition) is 1. The van der Waals surface area contributed by atoms with Gasteiger partial charge in [-0.1, -0.05) is 72.8 Å². The molecule has 0 saturated carbocycles. The average molecular weight is 439 g/mol. The molecule has 4 rings (SSSR count). The first-order valence-corrected chi connectivity index (χ1v) is 10.9. The summed E-state index contributed by atoms with van der Waals surface area (Å²) in [6.45, 7) is 0.433. The third-order valence-corrected chi connectivity index (χ3v) is 5.34. The Morgan fingerprint density at radius 3 is 2.55 bits per heavy atom. The largest absolute Gasteiger partial charge is 0.493 e. The van der Waals surface area contributed by atoms with Crippen LogP contribution in [0.4, 0.5) is 0 Å². The number of nitrogens with one attached hydrogen (secondary N) is 1. The first-order chi connectivity index (χ1) is 16.2. The quantitative estimate of drug-likeness (QED) is 0.277. The molecule has 0 fully saturated rings. The Kier molecular flexibility index (Phi) is 7.33. The van der Waals surface area contributed by atoms with Crippen LogP contribution >= 0.6 is 0 Å². The van der Waals surface area contributed by atoms with E-state index in [1.54, 1.807) is 13.3 Å². The summed E-state index contributed by atoms with van der Waals surface area (Å²) < 4.78 is 11.6. The number of benzene rings is 4. The van der Waals surface area contributed by atoms with Gasteiger partial charge in [-0.3, -0.25) is 4.79 Å². The van der Waals surface area contributed by atoms with Gasteiger partial charge in [0.2, 0.25) is 5.91 Å². The number of hydrazone groups is 1. The maximum Gasteiger partial charge on any atom is 0.240 e. The van der Waals surface area contributed by atoms with E-state index in [4.69, 9.17) is 9.47 Å². The Balaban J connectivity index is 1.34. The number of methoxy groups -OCH3 is 1. The standard InChI is InChI=1S/C28H26N2O3/c1-32-27-18-22(19-29-30-28(31)17-15-21-8-3-2-4-9-21)14-16-26(27)33-20-24-12-7-11-23-10-5-6-13-25(23)24/h2-14,16,18-19H,15,17,20H2,1H3,(H,30,31)/b29-19-. The highest BCUT2D eigenvalue weighted by molar-refractivity contribution is 5.85. The number of fused-ring (bicyclic) bond motifs is 1. The van der Waals surface area contributed by atoms with Crippen molar-refractivity contribution in [2.75, 3.05) is 7.11 Å². The number of ether oxygens (including phenoxy) is 2. The molecule has 4 aromatic carbocycles. The monoisotopic (exact) mass is 438 g/mol. The van der Waals surface area contributed by atoms with Crippen LogP contribution in [0.2, 0.25) is 0 Å². The second-order valence-electron chi connectivity index (χ2n) is 7.62. The molecule has 33 heavy (non-hydrogen) atoms. The van der Waals surface area contributed by atoms with Gasteiger partial charge in [0.1, 0.15) is 6.61 Å². The van der Waals surface area contributed by atoms with Crippen LogP contribution in [0.3, 0.4) is 0 Å². The maximum atomic E-state index is 12.0. The zero-order valence-electron chi connectivity index (χ0n) is 18.5. The van der Waals surface area contributed by atoms with Crippen LogP contribution in [0.25, 0.3) is 10.8 Å². The second-order valence-corrected chi connectivity index (χ2v) is 7.62. The minimum absolute atomic E-state index is 0.128. The zero-order valence-corrected chi connectivity index (χ0v) is 18.5. The first kappa shape index (κ1) is 22.1. The highest BCUT2D eigenvalue weighted by atomic mass is 16.5. The van der Waals surface area contributed by atoms with Crippen molar-refractivity contribution >= 4 is 22.9 Å². The first-order valence-electron chi connectivity index (χ1n) is 10.9. The summed E-state index contributed by atoms with van der Waals surface area (Å²) in [5.74, 6) is 1.13. The topological polar surface area (TPSA) is 59.9 Å². The molecule has 0 heterocycles. The van der Waals surface area contributed by atoms with Crippen molar-refractivity contribution in [1.82, 2.24) is 5.43 Å². The van der Waals surface area contributed by atoms with Crippen LogP contribution in [-0.4, -0.2) is 19.2 Å². The Hall–Kier alpha value is -4.12. The third kappa shape index (κ3) is 5.98. The van der Waals surface area contributed by atoms with Gasteiger partial charge in [0, 0.05) is 6.42 Å². The van der Waals surface area contributed by atoms with Crippen LogP contribution in [-0.2, 0) is 17.8 Å². The van der Waals surface area contributed by atoms with Gasteiger partial charge in [-0.05, 0) is 52.1 Å². The Morgan fingerprint density at radius 1 is 0.909 bits per heavy atom. The van der Waals surface area contributed by atoms with Crippen molar-refractivity contribution in [3.8, 4) is 11.5 Å². The number of carbonyl (C=O) groups is 1. The summed E-state index contributed by atoms with van der Waals surface area (Å²) in [4.78, 5) is 12.0. The molecule has 0 aliphatic rings. The van der Waals surface area contributed by atoms with Crippen LogP contribution < -0.4 is 14.9 Å².